The van der Waals surface area contributed by atoms with Gasteiger partial charge in [0.15, 0.2) is 5.82 Å². The highest BCUT2D eigenvalue weighted by molar-refractivity contribution is 7.80. The van der Waals surface area contributed by atoms with Gasteiger partial charge < -0.3 is 0 Å². The van der Waals surface area contributed by atoms with Crippen molar-refractivity contribution in [2.75, 3.05) is 0 Å². The van der Waals surface area contributed by atoms with E-state index in [0.717, 1.165) is 29.1 Å². The van der Waals surface area contributed by atoms with Gasteiger partial charge in [-0.2, -0.15) is 0 Å². The molecule has 136 valence electrons. The lowest BCUT2D eigenvalue weighted by atomic mass is 10.0. The predicted molar refractivity (Wildman–Crippen MR) is 110 cm³/mol. The maximum atomic E-state index is 4.67. The van der Waals surface area contributed by atoms with E-state index in [-0.39, 0.29) is 0 Å². The molecule has 25 heavy (non-hydrogen) atoms. The molecule has 0 bridgehead atoms. The molecular weight excluding hydrogens is 324 g/mol. The van der Waals surface area contributed by atoms with Gasteiger partial charge in [-0.1, -0.05) is 58.4 Å². The Labute approximate surface area is 158 Å². The van der Waals surface area contributed by atoms with E-state index in [2.05, 4.69) is 54.6 Å². The summed E-state index contributed by atoms with van der Waals surface area (Å²) >= 11 is 4.67. The van der Waals surface area contributed by atoms with Crippen molar-refractivity contribution in [2.45, 2.75) is 83.0 Å². The van der Waals surface area contributed by atoms with E-state index in [1.165, 1.54) is 62.5 Å². The number of aromatic nitrogens is 2. The van der Waals surface area contributed by atoms with E-state index in [1.807, 2.05) is 12.4 Å². The molecule has 0 N–H and O–H groups in total. The summed E-state index contributed by atoms with van der Waals surface area (Å²) in [7, 11) is 0. The molecule has 2 rings (SSSR count). The Morgan fingerprint density at radius 3 is 2.08 bits per heavy atom. The van der Waals surface area contributed by atoms with Crippen molar-refractivity contribution in [3.05, 3.63) is 41.7 Å². The Bertz CT molecular complexity index is 622. The lowest BCUT2D eigenvalue weighted by Gasteiger charge is -2.08. The van der Waals surface area contributed by atoms with Gasteiger partial charge in [0, 0.05) is 22.9 Å². The van der Waals surface area contributed by atoms with Gasteiger partial charge in [0.1, 0.15) is 0 Å². The van der Waals surface area contributed by atoms with Crippen LogP contribution in [0, 0.1) is 0 Å². The van der Waals surface area contributed by atoms with Crippen LogP contribution < -0.4 is 0 Å². The maximum absolute atomic E-state index is 4.67. The molecule has 2 aromatic rings. The van der Waals surface area contributed by atoms with Crippen LogP contribution in [-0.2, 0) is 12.8 Å². The molecule has 0 saturated heterocycles. The van der Waals surface area contributed by atoms with Gasteiger partial charge in [-0.25, -0.2) is 9.97 Å². The second kappa shape index (κ2) is 11.3. The molecule has 2 nitrogen and oxygen atoms in total. The molecule has 0 aliphatic carbocycles. The van der Waals surface area contributed by atoms with Gasteiger partial charge in [-0.05, 0) is 48.9 Å². The third-order valence-corrected chi connectivity index (χ3v) is 5.02. The molecule has 0 radical (unpaired) electrons. The number of hydrogen-bond acceptors (Lipinski definition) is 3. The molecule has 0 fully saturated rings. The summed E-state index contributed by atoms with van der Waals surface area (Å²) in [5, 5.41) is 0. The van der Waals surface area contributed by atoms with Gasteiger partial charge >= 0.3 is 0 Å². The summed E-state index contributed by atoms with van der Waals surface area (Å²) in [4.78, 5) is 10.0. The Balaban J connectivity index is 1.90. The largest absolute Gasteiger partial charge is 0.236 e. The molecule has 0 amide bonds. The van der Waals surface area contributed by atoms with E-state index in [9.17, 15) is 0 Å². The molecule has 0 spiro atoms. The molecular formula is C22H32N2S. The average Bonchev–Trinajstić information content (AvgIpc) is 2.63. The third kappa shape index (κ3) is 6.81. The lowest BCUT2D eigenvalue weighted by molar-refractivity contribution is 0.607. The minimum Gasteiger partial charge on any atom is -0.236 e. The van der Waals surface area contributed by atoms with Crippen molar-refractivity contribution in [3.8, 4) is 11.4 Å². The number of nitrogens with zero attached hydrogens (tertiary/aromatic N) is 2. The minimum atomic E-state index is 0.774. The molecule has 1 aromatic heterocycles. The highest BCUT2D eigenvalue weighted by Gasteiger charge is 2.07. The fourth-order valence-electron chi connectivity index (χ4n) is 3.04. The van der Waals surface area contributed by atoms with E-state index < -0.39 is 0 Å². The molecule has 1 heterocycles. The van der Waals surface area contributed by atoms with Crippen molar-refractivity contribution in [3.63, 3.8) is 0 Å². The molecule has 0 saturated carbocycles. The number of hydrogen-bond donors (Lipinski definition) is 1. The number of thiol groups is 1. The number of aryl methyl sites for hydroxylation is 2. The van der Waals surface area contributed by atoms with Gasteiger partial charge in [-0.15, -0.1) is 12.6 Å². The Kier molecular flexibility index (Phi) is 9.03. The zero-order valence-electron chi connectivity index (χ0n) is 15.8. The van der Waals surface area contributed by atoms with E-state index in [1.54, 1.807) is 0 Å². The topological polar surface area (TPSA) is 25.8 Å². The normalized spacial score (nSPS) is 11.0. The Hall–Kier alpha value is -1.35. The van der Waals surface area contributed by atoms with Crippen LogP contribution in [0.4, 0.5) is 0 Å². The second-order valence-electron chi connectivity index (χ2n) is 6.89. The van der Waals surface area contributed by atoms with E-state index in [0.29, 0.717) is 0 Å². The van der Waals surface area contributed by atoms with Crippen LogP contribution in [0.3, 0.4) is 0 Å². The number of benzene rings is 1. The SMILES string of the molecule is CCCCCCCCc1ccc(-c2ncc(CCCC)cn2)c(S)c1. The first-order valence-electron chi connectivity index (χ1n) is 9.87. The molecule has 0 atom stereocenters. The van der Waals surface area contributed by atoms with Crippen LogP contribution in [0.1, 0.15) is 76.3 Å². The molecule has 0 unspecified atom stereocenters. The quantitative estimate of drug-likeness (QED) is 0.359. The van der Waals surface area contributed by atoms with Crippen LogP contribution in [0.2, 0.25) is 0 Å². The second-order valence-corrected chi connectivity index (χ2v) is 7.37. The molecule has 1 aromatic carbocycles. The van der Waals surface area contributed by atoms with Gasteiger partial charge in [0.2, 0.25) is 0 Å². The van der Waals surface area contributed by atoms with E-state index in [4.69, 9.17) is 0 Å². The molecule has 0 aliphatic heterocycles. The molecule has 0 aliphatic rings. The fourth-order valence-corrected chi connectivity index (χ4v) is 3.38. The summed E-state index contributed by atoms with van der Waals surface area (Å²) < 4.78 is 0. The predicted octanol–water partition coefficient (Wildman–Crippen LogP) is 6.68. The Morgan fingerprint density at radius 1 is 0.760 bits per heavy atom. The van der Waals surface area contributed by atoms with E-state index >= 15 is 0 Å². The molecule has 3 heteroatoms. The van der Waals surface area contributed by atoms with Crippen molar-refractivity contribution in [2.24, 2.45) is 0 Å². The Morgan fingerprint density at radius 2 is 1.40 bits per heavy atom. The first kappa shape index (κ1) is 20.0. The summed E-state index contributed by atoms with van der Waals surface area (Å²) in [6.45, 7) is 4.47. The van der Waals surface area contributed by atoms with Crippen molar-refractivity contribution < 1.29 is 0 Å². The summed E-state index contributed by atoms with van der Waals surface area (Å²) in [6, 6.07) is 6.50. The summed E-state index contributed by atoms with van der Waals surface area (Å²) in [5.74, 6) is 0.774. The van der Waals surface area contributed by atoms with Crippen molar-refractivity contribution >= 4 is 12.6 Å². The highest BCUT2D eigenvalue weighted by atomic mass is 32.1. The number of rotatable bonds is 11. The fraction of sp³-hybridized carbons (Fsp3) is 0.545. The van der Waals surface area contributed by atoms with Gasteiger partial charge in [-0.3, -0.25) is 0 Å². The smallest absolute Gasteiger partial charge is 0.160 e. The van der Waals surface area contributed by atoms with Crippen LogP contribution in [-0.4, -0.2) is 9.97 Å². The standard InChI is InChI=1S/C22H32N2S/c1-3-5-7-8-9-10-12-18-13-14-20(21(25)15-18)22-23-16-19(17-24-22)11-6-4-2/h13-17,25H,3-12H2,1-2H3. The number of unbranched alkanes of at least 4 members (excludes halogenated alkanes) is 6. The van der Waals surface area contributed by atoms with Gasteiger partial charge in [0.05, 0.1) is 0 Å². The highest BCUT2D eigenvalue weighted by Crippen LogP contribution is 2.25. The van der Waals surface area contributed by atoms with Crippen LogP contribution in [0.5, 0.6) is 0 Å². The first-order valence-corrected chi connectivity index (χ1v) is 10.3. The third-order valence-electron chi connectivity index (χ3n) is 4.65. The maximum Gasteiger partial charge on any atom is 0.160 e. The van der Waals surface area contributed by atoms with Crippen LogP contribution in [0.25, 0.3) is 11.4 Å². The monoisotopic (exact) mass is 356 g/mol. The van der Waals surface area contributed by atoms with Crippen molar-refractivity contribution in [1.29, 1.82) is 0 Å². The summed E-state index contributed by atoms with van der Waals surface area (Å²) in [6.07, 6.45) is 16.5. The average molecular weight is 357 g/mol. The van der Waals surface area contributed by atoms with Crippen LogP contribution in [0.15, 0.2) is 35.5 Å². The van der Waals surface area contributed by atoms with Gasteiger partial charge in [0.25, 0.3) is 0 Å². The zero-order chi connectivity index (χ0) is 17.9. The zero-order valence-corrected chi connectivity index (χ0v) is 16.7. The lowest BCUT2D eigenvalue weighted by Crippen LogP contribution is -1.95. The van der Waals surface area contributed by atoms with Crippen molar-refractivity contribution in [1.82, 2.24) is 9.97 Å². The van der Waals surface area contributed by atoms with Crippen LogP contribution >= 0.6 is 12.6 Å². The summed E-state index contributed by atoms with van der Waals surface area (Å²) in [5.41, 5.74) is 3.60. The first-order chi connectivity index (χ1) is 12.2. The minimum absolute atomic E-state index is 0.774.